The minimum atomic E-state index is 0.369. The minimum absolute atomic E-state index is 0.369. The standard InChI is InChI=1S/C19H29N3O/c1-14(2)11-22-18-9-10-21(12-16(18)7-8-19(22)23)13-17-6-4-5-15(3)20-17/h4-6,14,16,18H,7-13H2,1-3H3/t16-,18+/m0/s1. The van der Waals surface area contributed by atoms with E-state index in [2.05, 4.69) is 40.8 Å². The van der Waals surface area contributed by atoms with Crippen molar-refractivity contribution in [3.05, 3.63) is 29.6 Å². The number of likely N-dealkylation sites (tertiary alicyclic amines) is 2. The molecule has 2 aliphatic rings. The third-order valence-corrected chi connectivity index (χ3v) is 5.12. The molecule has 2 saturated heterocycles. The van der Waals surface area contributed by atoms with Gasteiger partial charge in [0.2, 0.25) is 5.91 Å². The second-order valence-corrected chi connectivity index (χ2v) is 7.60. The number of piperidine rings is 2. The Morgan fingerprint density at radius 1 is 1.30 bits per heavy atom. The van der Waals surface area contributed by atoms with Crippen LogP contribution in [0.25, 0.3) is 0 Å². The van der Waals surface area contributed by atoms with Crippen LogP contribution in [0, 0.1) is 18.8 Å². The molecule has 23 heavy (non-hydrogen) atoms. The normalized spacial score (nSPS) is 25.7. The second-order valence-electron chi connectivity index (χ2n) is 7.60. The van der Waals surface area contributed by atoms with Crippen LogP contribution in [0.3, 0.4) is 0 Å². The largest absolute Gasteiger partial charge is 0.339 e. The van der Waals surface area contributed by atoms with Crippen molar-refractivity contribution >= 4 is 5.91 Å². The molecule has 1 amide bonds. The van der Waals surface area contributed by atoms with Gasteiger partial charge in [-0.3, -0.25) is 14.7 Å². The predicted octanol–water partition coefficient (Wildman–Crippen LogP) is 2.86. The number of aryl methyl sites for hydroxylation is 1. The molecule has 0 aliphatic carbocycles. The average Bonchev–Trinajstić information content (AvgIpc) is 2.50. The summed E-state index contributed by atoms with van der Waals surface area (Å²) in [5.74, 6) is 1.55. The molecule has 4 nitrogen and oxygen atoms in total. The number of hydrogen-bond acceptors (Lipinski definition) is 3. The highest BCUT2D eigenvalue weighted by molar-refractivity contribution is 5.77. The molecule has 0 saturated carbocycles. The smallest absolute Gasteiger partial charge is 0.222 e. The minimum Gasteiger partial charge on any atom is -0.339 e. The fourth-order valence-electron chi connectivity index (χ4n) is 4.12. The molecule has 3 rings (SSSR count). The summed E-state index contributed by atoms with van der Waals surface area (Å²) in [6.07, 6.45) is 2.88. The summed E-state index contributed by atoms with van der Waals surface area (Å²) in [5, 5.41) is 0. The van der Waals surface area contributed by atoms with E-state index < -0.39 is 0 Å². The third kappa shape index (κ3) is 3.92. The molecule has 3 heterocycles. The number of carbonyl (C=O) groups excluding carboxylic acids is 1. The molecular weight excluding hydrogens is 286 g/mol. The van der Waals surface area contributed by atoms with Crippen LogP contribution in [-0.4, -0.2) is 46.4 Å². The van der Waals surface area contributed by atoms with Crippen LogP contribution in [-0.2, 0) is 11.3 Å². The lowest BCUT2D eigenvalue weighted by Gasteiger charge is -2.47. The predicted molar refractivity (Wildman–Crippen MR) is 91.9 cm³/mol. The second kappa shape index (κ2) is 7.00. The summed E-state index contributed by atoms with van der Waals surface area (Å²) in [4.78, 5) is 21.6. The number of carbonyl (C=O) groups is 1. The summed E-state index contributed by atoms with van der Waals surface area (Å²) < 4.78 is 0. The van der Waals surface area contributed by atoms with Gasteiger partial charge in [0.1, 0.15) is 0 Å². The third-order valence-electron chi connectivity index (χ3n) is 5.12. The van der Waals surface area contributed by atoms with Crippen molar-refractivity contribution < 1.29 is 4.79 Å². The number of aromatic nitrogens is 1. The van der Waals surface area contributed by atoms with Gasteiger partial charge in [-0.05, 0) is 43.7 Å². The van der Waals surface area contributed by atoms with E-state index in [-0.39, 0.29) is 0 Å². The Kier molecular flexibility index (Phi) is 5.00. The van der Waals surface area contributed by atoms with Crippen molar-refractivity contribution in [3.8, 4) is 0 Å². The maximum atomic E-state index is 12.3. The van der Waals surface area contributed by atoms with E-state index in [1.807, 2.05) is 13.0 Å². The highest BCUT2D eigenvalue weighted by atomic mass is 16.2. The van der Waals surface area contributed by atoms with E-state index in [9.17, 15) is 4.79 Å². The van der Waals surface area contributed by atoms with E-state index in [4.69, 9.17) is 0 Å². The molecular formula is C19H29N3O. The van der Waals surface area contributed by atoms with E-state index in [0.29, 0.717) is 23.8 Å². The average molecular weight is 315 g/mol. The zero-order chi connectivity index (χ0) is 16.4. The highest BCUT2D eigenvalue weighted by Gasteiger charge is 2.39. The lowest BCUT2D eigenvalue weighted by molar-refractivity contribution is -0.142. The molecule has 4 heteroatoms. The number of pyridine rings is 1. The molecule has 1 aromatic heterocycles. The van der Waals surface area contributed by atoms with Gasteiger partial charge in [-0.15, -0.1) is 0 Å². The van der Waals surface area contributed by atoms with Gasteiger partial charge < -0.3 is 4.90 Å². The molecule has 2 atom stereocenters. The lowest BCUT2D eigenvalue weighted by Crippen LogP contribution is -2.56. The van der Waals surface area contributed by atoms with Crippen LogP contribution in [0.1, 0.15) is 44.5 Å². The quantitative estimate of drug-likeness (QED) is 0.857. The molecule has 0 N–H and O–H groups in total. The van der Waals surface area contributed by atoms with Crippen LogP contribution >= 0.6 is 0 Å². The maximum absolute atomic E-state index is 12.3. The lowest BCUT2D eigenvalue weighted by atomic mass is 9.83. The molecule has 0 unspecified atom stereocenters. The number of rotatable bonds is 4. The van der Waals surface area contributed by atoms with Gasteiger partial charge in [-0.2, -0.15) is 0 Å². The van der Waals surface area contributed by atoms with Crippen LogP contribution in [0.15, 0.2) is 18.2 Å². The number of amides is 1. The summed E-state index contributed by atoms with van der Waals surface area (Å²) in [6.45, 7) is 10.5. The van der Waals surface area contributed by atoms with Gasteiger partial charge in [0.05, 0.1) is 5.69 Å². The Balaban J connectivity index is 1.63. The van der Waals surface area contributed by atoms with Crippen molar-refractivity contribution in [3.63, 3.8) is 0 Å². The van der Waals surface area contributed by atoms with Gasteiger partial charge in [-0.1, -0.05) is 19.9 Å². The van der Waals surface area contributed by atoms with Crippen LogP contribution in [0.4, 0.5) is 0 Å². The summed E-state index contributed by atoms with van der Waals surface area (Å²) in [7, 11) is 0. The molecule has 126 valence electrons. The number of nitrogens with zero attached hydrogens (tertiary/aromatic N) is 3. The Hall–Kier alpha value is -1.42. The fourth-order valence-corrected chi connectivity index (χ4v) is 4.12. The Labute approximate surface area is 139 Å². The Morgan fingerprint density at radius 3 is 2.87 bits per heavy atom. The first-order chi connectivity index (χ1) is 11.0. The topological polar surface area (TPSA) is 36.4 Å². The summed E-state index contributed by atoms with van der Waals surface area (Å²) >= 11 is 0. The first-order valence-electron chi connectivity index (χ1n) is 8.97. The van der Waals surface area contributed by atoms with Crippen LogP contribution in [0.2, 0.25) is 0 Å². The summed E-state index contributed by atoms with van der Waals surface area (Å²) in [5.41, 5.74) is 2.25. The zero-order valence-corrected chi connectivity index (χ0v) is 14.7. The molecule has 1 aromatic rings. The summed E-state index contributed by atoms with van der Waals surface area (Å²) in [6, 6.07) is 6.72. The van der Waals surface area contributed by atoms with Crippen molar-refractivity contribution in [2.24, 2.45) is 11.8 Å². The Bertz CT molecular complexity index is 557. The molecule has 0 radical (unpaired) electrons. The highest BCUT2D eigenvalue weighted by Crippen LogP contribution is 2.32. The fraction of sp³-hybridized carbons (Fsp3) is 0.684. The first kappa shape index (κ1) is 16.4. The van der Waals surface area contributed by atoms with Gasteiger partial charge >= 0.3 is 0 Å². The maximum Gasteiger partial charge on any atom is 0.222 e. The van der Waals surface area contributed by atoms with Crippen molar-refractivity contribution in [2.45, 2.75) is 52.6 Å². The Morgan fingerprint density at radius 2 is 2.13 bits per heavy atom. The zero-order valence-electron chi connectivity index (χ0n) is 14.7. The SMILES string of the molecule is Cc1cccc(CN2CC[C@@H]3[C@@H](CCC(=O)N3CC(C)C)C2)n1. The van der Waals surface area contributed by atoms with Crippen LogP contribution < -0.4 is 0 Å². The van der Waals surface area contributed by atoms with Crippen molar-refractivity contribution in [2.75, 3.05) is 19.6 Å². The monoisotopic (exact) mass is 315 g/mol. The van der Waals surface area contributed by atoms with Crippen LogP contribution in [0.5, 0.6) is 0 Å². The van der Waals surface area contributed by atoms with Gasteiger partial charge in [0, 0.05) is 44.3 Å². The van der Waals surface area contributed by atoms with Crippen molar-refractivity contribution in [1.82, 2.24) is 14.8 Å². The molecule has 0 spiro atoms. The van der Waals surface area contributed by atoms with E-state index >= 15 is 0 Å². The first-order valence-corrected chi connectivity index (χ1v) is 8.97. The molecule has 0 bridgehead atoms. The van der Waals surface area contributed by atoms with Crippen molar-refractivity contribution in [1.29, 1.82) is 0 Å². The van der Waals surface area contributed by atoms with E-state index in [1.54, 1.807) is 0 Å². The molecule has 2 fully saturated rings. The van der Waals surface area contributed by atoms with Gasteiger partial charge in [0.25, 0.3) is 0 Å². The van der Waals surface area contributed by atoms with E-state index in [1.165, 1.54) is 0 Å². The molecule has 0 aromatic carbocycles. The molecule has 2 aliphatic heterocycles. The number of hydrogen-bond donors (Lipinski definition) is 0. The van der Waals surface area contributed by atoms with Gasteiger partial charge in [-0.25, -0.2) is 0 Å². The van der Waals surface area contributed by atoms with Gasteiger partial charge in [0.15, 0.2) is 0 Å². The number of fused-ring (bicyclic) bond motifs is 1. The van der Waals surface area contributed by atoms with E-state index in [0.717, 1.165) is 56.8 Å².